The van der Waals surface area contributed by atoms with Crippen molar-refractivity contribution in [3.8, 4) is 17.2 Å². The van der Waals surface area contributed by atoms with Crippen LogP contribution < -0.4 is 9.47 Å². The molecule has 0 saturated heterocycles. The van der Waals surface area contributed by atoms with Gasteiger partial charge in [-0.25, -0.2) is 0 Å². The third kappa shape index (κ3) is 1.93. The summed E-state index contributed by atoms with van der Waals surface area (Å²) in [6.45, 7) is 0. The van der Waals surface area contributed by atoms with Crippen molar-refractivity contribution < 1.29 is 9.47 Å². The van der Waals surface area contributed by atoms with E-state index in [1.54, 1.807) is 14.2 Å². The summed E-state index contributed by atoms with van der Waals surface area (Å²) in [7, 11) is 3.37. The van der Waals surface area contributed by atoms with Crippen LogP contribution in [0.5, 0.6) is 11.5 Å². The second-order valence-corrected chi connectivity index (χ2v) is 4.29. The molecular weight excluding hydrogens is 238 g/mol. The van der Waals surface area contributed by atoms with Gasteiger partial charge in [-0.15, -0.1) is 0 Å². The lowest BCUT2D eigenvalue weighted by atomic mass is 10.1. The zero-order valence-corrected chi connectivity index (χ0v) is 11.0. The molecule has 1 aromatic heterocycles. The van der Waals surface area contributed by atoms with Crippen LogP contribution in [0.1, 0.15) is 0 Å². The lowest BCUT2D eigenvalue weighted by molar-refractivity contribution is 0.413. The molecule has 96 valence electrons. The summed E-state index contributed by atoms with van der Waals surface area (Å²) in [5.41, 5.74) is 1.05. The Balaban J connectivity index is 2.32. The number of hydrogen-bond donors (Lipinski definition) is 0. The van der Waals surface area contributed by atoms with Crippen LogP contribution in [0.3, 0.4) is 0 Å². The Labute approximate surface area is 112 Å². The molecule has 0 aliphatic rings. The van der Waals surface area contributed by atoms with Crippen molar-refractivity contribution in [2.24, 2.45) is 0 Å². The van der Waals surface area contributed by atoms with Crippen LogP contribution in [-0.2, 0) is 0 Å². The summed E-state index contributed by atoms with van der Waals surface area (Å²) < 4.78 is 12.8. The van der Waals surface area contributed by atoms with Crippen molar-refractivity contribution in [2.45, 2.75) is 0 Å². The van der Waals surface area contributed by atoms with Crippen molar-refractivity contribution in [1.82, 2.24) is 4.57 Å². The average molecular weight is 253 g/mol. The number of aromatic nitrogens is 1. The number of fused-ring (bicyclic) bond motifs is 1. The Morgan fingerprint density at radius 2 is 1.68 bits per heavy atom. The van der Waals surface area contributed by atoms with E-state index in [0.29, 0.717) is 0 Å². The number of nitrogens with zero attached hydrogens (tertiary/aromatic N) is 1. The highest BCUT2D eigenvalue weighted by Crippen LogP contribution is 2.33. The lowest BCUT2D eigenvalue weighted by Crippen LogP contribution is -1.97. The van der Waals surface area contributed by atoms with Gasteiger partial charge in [-0.1, -0.05) is 6.07 Å². The van der Waals surface area contributed by atoms with Gasteiger partial charge in [0.15, 0.2) is 0 Å². The van der Waals surface area contributed by atoms with Gasteiger partial charge >= 0.3 is 0 Å². The fraction of sp³-hybridized carbons (Fsp3) is 0.125. The molecule has 0 radical (unpaired) electrons. The van der Waals surface area contributed by atoms with Crippen molar-refractivity contribution in [3.05, 3.63) is 54.9 Å². The molecule has 3 aromatic rings. The Bertz CT molecular complexity index is 702. The van der Waals surface area contributed by atoms with E-state index in [-0.39, 0.29) is 0 Å². The molecule has 0 bridgehead atoms. The standard InChI is InChI=1S/C16H15NO2/c1-18-13-6-7-14-12(11-13)5-8-15(19-2)16(14)17-9-3-4-10-17/h3-11H,1-2H3. The first-order valence-electron chi connectivity index (χ1n) is 6.11. The van der Waals surface area contributed by atoms with E-state index in [0.717, 1.165) is 28.0 Å². The van der Waals surface area contributed by atoms with Crippen LogP contribution in [0.4, 0.5) is 0 Å². The molecule has 2 aromatic carbocycles. The average Bonchev–Trinajstić information content (AvgIpc) is 2.99. The smallest absolute Gasteiger partial charge is 0.143 e. The molecule has 0 aliphatic heterocycles. The second kappa shape index (κ2) is 4.69. The molecule has 19 heavy (non-hydrogen) atoms. The summed E-state index contributed by atoms with van der Waals surface area (Å²) in [5, 5.41) is 2.26. The van der Waals surface area contributed by atoms with Crippen LogP contribution in [0, 0.1) is 0 Å². The van der Waals surface area contributed by atoms with Crippen molar-refractivity contribution in [3.63, 3.8) is 0 Å². The largest absolute Gasteiger partial charge is 0.497 e. The van der Waals surface area contributed by atoms with Crippen LogP contribution in [-0.4, -0.2) is 18.8 Å². The predicted octanol–water partition coefficient (Wildman–Crippen LogP) is 3.65. The molecule has 3 rings (SSSR count). The molecular formula is C16H15NO2. The number of ether oxygens (including phenoxy) is 2. The quantitative estimate of drug-likeness (QED) is 0.711. The number of hydrogen-bond acceptors (Lipinski definition) is 2. The van der Waals surface area contributed by atoms with Gasteiger partial charge < -0.3 is 14.0 Å². The van der Waals surface area contributed by atoms with Crippen LogP contribution in [0.25, 0.3) is 16.5 Å². The molecule has 0 atom stereocenters. The highest BCUT2D eigenvalue weighted by molar-refractivity contribution is 5.93. The van der Waals surface area contributed by atoms with Gasteiger partial charge in [-0.05, 0) is 41.8 Å². The normalized spacial score (nSPS) is 10.6. The molecule has 0 aliphatic carbocycles. The molecule has 1 heterocycles. The van der Waals surface area contributed by atoms with Crippen LogP contribution in [0.2, 0.25) is 0 Å². The number of benzene rings is 2. The predicted molar refractivity (Wildman–Crippen MR) is 76.4 cm³/mol. The number of methoxy groups -OCH3 is 2. The molecule has 0 N–H and O–H groups in total. The Morgan fingerprint density at radius 1 is 0.895 bits per heavy atom. The summed E-state index contributed by atoms with van der Waals surface area (Å²) in [6.07, 6.45) is 4.03. The first-order chi connectivity index (χ1) is 9.33. The minimum atomic E-state index is 0.855. The SMILES string of the molecule is COc1ccc2c(-n3cccc3)c(OC)ccc2c1. The molecule has 0 saturated carbocycles. The van der Waals surface area contributed by atoms with E-state index < -0.39 is 0 Å². The fourth-order valence-corrected chi connectivity index (χ4v) is 2.31. The molecule has 3 nitrogen and oxygen atoms in total. The van der Waals surface area contributed by atoms with E-state index in [1.165, 1.54) is 0 Å². The van der Waals surface area contributed by atoms with Gasteiger partial charge in [0.25, 0.3) is 0 Å². The Kier molecular flexibility index (Phi) is 2.88. The summed E-state index contributed by atoms with van der Waals surface area (Å²) >= 11 is 0. The van der Waals surface area contributed by atoms with Crippen LogP contribution >= 0.6 is 0 Å². The molecule has 0 unspecified atom stereocenters. The molecule has 0 spiro atoms. The van der Waals surface area contributed by atoms with E-state index in [2.05, 4.69) is 10.6 Å². The maximum atomic E-state index is 5.48. The fourth-order valence-electron chi connectivity index (χ4n) is 2.31. The minimum Gasteiger partial charge on any atom is -0.497 e. The van der Waals surface area contributed by atoms with Crippen LogP contribution in [0.15, 0.2) is 54.9 Å². The zero-order valence-electron chi connectivity index (χ0n) is 11.0. The second-order valence-electron chi connectivity index (χ2n) is 4.29. The summed E-state index contributed by atoms with van der Waals surface area (Å²) in [5.74, 6) is 1.71. The van der Waals surface area contributed by atoms with Crippen molar-refractivity contribution >= 4 is 10.8 Å². The van der Waals surface area contributed by atoms with E-state index in [9.17, 15) is 0 Å². The number of rotatable bonds is 3. The van der Waals surface area contributed by atoms with Gasteiger partial charge in [0, 0.05) is 17.8 Å². The maximum absolute atomic E-state index is 5.48. The highest BCUT2D eigenvalue weighted by atomic mass is 16.5. The minimum absolute atomic E-state index is 0.855. The topological polar surface area (TPSA) is 23.4 Å². The van der Waals surface area contributed by atoms with Gasteiger partial charge in [-0.3, -0.25) is 0 Å². The Morgan fingerprint density at radius 3 is 2.37 bits per heavy atom. The van der Waals surface area contributed by atoms with E-state index >= 15 is 0 Å². The highest BCUT2D eigenvalue weighted by Gasteiger charge is 2.10. The van der Waals surface area contributed by atoms with Gasteiger partial charge in [0.2, 0.25) is 0 Å². The van der Waals surface area contributed by atoms with E-state index in [1.807, 2.05) is 48.8 Å². The first-order valence-corrected chi connectivity index (χ1v) is 6.11. The van der Waals surface area contributed by atoms with Crippen molar-refractivity contribution in [2.75, 3.05) is 14.2 Å². The third-order valence-electron chi connectivity index (χ3n) is 3.24. The monoisotopic (exact) mass is 253 g/mol. The molecule has 0 fully saturated rings. The molecule has 0 amide bonds. The summed E-state index contributed by atoms with van der Waals surface area (Å²) in [6, 6.07) is 14.1. The molecule has 3 heteroatoms. The van der Waals surface area contributed by atoms with Crippen molar-refractivity contribution in [1.29, 1.82) is 0 Å². The third-order valence-corrected chi connectivity index (χ3v) is 3.24. The lowest BCUT2D eigenvalue weighted by Gasteiger charge is -2.13. The first kappa shape index (κ1) is 11.7. The zero-order chi connectivity index (χ0) is 13.2. The van der Waals surface area contributed by atoms with E-state index in [4.69, 9.17) is 9.47 Å². The maximum Gasteiger partial charge on any atom is 0.143 e. The Hall–Kier alpha value is -2.42. The van der Waals surface area contributed by atoms with Gasteiger partial charge in [0.1, 0.15) is 11.5 Å². The summed E-state index contributed by atoms with van der Waals surface area (Å²) in [4.78, 5) is 0. The van der Waals surface area contributed by atoms with Gasteiger partial charge in [-0.2, -0.15) is 0 Å². The van der Waals surface area contributed by atoms with Gasteiger partial charge in [0.05, 0.1) is 19.9 Å².